The van der Waals surface area contributed by atoms with Crippen molar-refractivity contribution in [2.75, 3.05) is 0 Å². The normalized spacial score (nSPS) is 9.69. The summed E-state index contributed by atoms with van der Waals surface area (Å²) < 4.78 is 1.14. The van der Waals surface area contributed by atoms with Crippen LogP contribution in [0.5, 0.6) is 0 Å². The van der Waals surface area contributed by atoms with Crippen LogP contribution in [0.25, 0.3) is 0 Å². The molecule has 0 unspecified atom stereocenters. The van der Waals surface area contributed by atoms with Crippen LogP contribution < -0.4 is 0 Å². The van der Waals surface area contributed by atoms with E-state index in [2.05, 4.69) is 29.2 Å². The van der Waals surface area contributed by atoms with Crippen LogP contribution >= 0.6 is 22.6 Å². The molecule has 1 nitrogen and oxygen atoms in total. The first-order valence-electron chi connectivity index (χ1n) is 4.03. The van der Waals surface area contributed by atoms with Gasteiger partial charge in [-0.25, -0.2) is 0 Å². The maximum atomic E-state index is 11.5. The molecule has 1 aromatic rings. The molecule has 13 heavy (non-hydrogen) atoms. The first-order valence-corrected chi connectivity index (χ1v) is 5.10. The van der Waals surface area contributed by atoms with E-state index in [1.165, 1.54) is 0 Å². The summed E-state index contributed by atoms with van der Waals surface area (Å²) in [5.74, 6) is 0.143. The van der Waals surface area contributed by atoms with E-state index in [9.17, 15) is 4.79 Å². The molecule has 0 aliphatic rings. The molecule has 0 N–H and O–H groups in total. The molecule has 68 valence electrons. The minimum Gasteiger partial charge on any atom is -0.294 e. The third-order valence-electron chi connectivity index (χ3n) is 1.63. The van der Waals surface area contributed by atoms with E-state index in [0.717, 1.165) is 14.7 Å². The van der Waals surface area contributed by atoms with Crippen LogP contribution in [0.15, 0.2) is 36.4 Å². The predicted molar refractivity (Wildman–Crippen MR) is 62.9 cm³/mol. The fraction of sp³-hybridized carbons (Fsp3) is 0.182. The molecule has 1 rings (SSSR count). The van der Waals surface area contributed by atoms with Crippen LogP contribution in [-0.2, 0) is 0 Å². The molecule has 0 spiro atoms. The van der Waals surface area contributed by atoms with Crippen molar-refractivity contribution in [2.24, 2.45) is 0 Å². The number of allylic oxidation sites excluding steroid dienone is 1. The van der Waals surface area contributed by atoms with Gasteiger partial charge in [-0.05, 0) is 41.6 Å². The summed E-state index contributed by atoms with van der Waals surface area (Å²) >= 11 is 2.22. The maximum Gasteiger partial charge on any atom is 0.166 e. The van der Waals surface area contributed by atoms with Gasteiger partial charge in [0.15, 0.2) is 5.78 Å². The molecule has 0 aromatic heterocycles. The van der Waals surface area contributed by atoms with Crippen molar-refractivity contribution in [3.63, 3.8) is 0 Å². The molecule has 0 saturated carbocycles. The smallest absolute Gasteiger partial charge is 0.166 e. The fourth-order valence-electron chi connectivity index (χ4n) is 1.01. The van der Waals surface area contributed by atoms with Crippen molar-refractivity contribution < 1.29 is 4.79 Å². The van der Waals surface area contributed by atoms with Gasteiger partial charge < -0.3 is 0 Å². The highest BCUT2D eigenvalue weighted by molar-refractivity contribution is 14.1. The second-order valence-electron chi connectivity index (χ2n) is 3.06. The van der Waals surface area contributed by atoms with Gasteiger partial charge >= 0.3 is 0 Å². The molecule has 0 saturated heterocycles. The van der Waals surface area contributed by atoms with Crippen molar-refractivity contribution in [1.29, 1.82) is 0 Å². The number of benzene rings is 1. The highest BCUT2D eigenvalue weighted by Gasteiger charge is 2.04. The van der Waals surface area contributed by atoms with Gasteiger partial charge in [0.2, 0.25) is 0 Å². The van der Waals surface area contributed by atoms with Gasteiger partial charge in [-0.15, -0.1) is 0 Å². The lowest BCUT2D eigenvalue weighted by Crippen LogP contribution is -1.98. The average molecular weight is 286 g/mol. The molecular weight excluding hydrogens is 275 g/mol. The second-order valence-corrected chi connectivity index (χ2v) is 4.31. The summed E-state index contributed by atoms with van der Waals surface area (Å²) in [4.78, 5) is 11.5. The zero-order chi connectivity index (χ0) is 9.84. The second kappa shape index (κ2) is 4.56. The Bertz CT molecular complexity index is 324. The molecule has 0 radical (unpaired) electrons. The van der Waals surface area contributed by atoms with Crippen molar-refractivity contribution in [3.05, 3.63) is 45.6 Å². The Hall–Kier alpha value is -0.640. The van der Waals surface area contributed by atoms with E-state index in [1.807, 2.05) is 31.2 Å². The predicted octanol–water partition coefficient (Wildman–Crippen LogP) is 3.44. The Morgan fingerprint density at radius 2 is 1.92 bits per heavy atom. The van der Waals surface area contributed by atoms with E-state index in [0.29, 0.717) is 6.42 Å². The lowest BCUT2D eigenvalue weighted by Gasteiger charge is -1.99. The summed E-state index contributed by atoms with van der Waals surface area (Å²) in [6.45, 7) is 5.58. The Balaban J connectivity index is 2.78. The van der Waals surface area contributed by atoms with Gasteiger partial charge in [-0.2, -0.15) is 0 Å². The van der Waals surface area contributed by atoms with Crippen LogP contribution in [0, 0.1) is 3.57 Å². The van der Waals surface area contributed by atoms with Gasteiger partial charge in [0, 0.05) is 15.6 Å². The zero-order valence-electron chi connectivity index (χ0n) is 7.51. The van der Waals surface area contributed by atoms with Crippen LogP contribution in [-0.4, -0.2) is 5.78 Å². The van der Waals surface area contributed by atoms with Gasteiger partial charge in [0.25, 0.3) is 0 Å². The average Bonchev–Trinajstić information content (AvgIpc) is 2.04. The first-order chi connectivity index (χ1) is 6.09. The molecule has 0 heterocycles. The summed E-state index contributed by atoms with van der Waals surface area (Å²) in [6, 6.07) is 7.58. The molecule has 1 aromatic carbocycles. The van der Waals surface area contributed by atoms with Crippen molar-refractivity contribution in [1.82, 2.24) is 0 Å². The summed E-state index contributed by atoms with van der Waals surface area (Å²) in [6.07, 6.45) is 0.445. The number of hydrogen-bond donors (Lipinski definition) is 0. The molecule has 0 bridgehead atoms. The number of carbonyl (C=O) groups is 1. The summed E-state index contributed by atoms with van der Waals surface area (Å²) in [5.41, 5.74) is 1.67. The molecule has 0 aliphatic carbocycles. The number of halogens is 1. The van der Waals surface area contributed by atoms with Crippen LogP contribution in [0.4, 0.5) is 0 Å². The van der Waals surface area contributed by atoms with Crippen molar-refractivity contribution >= 4 is 28.4 Å². The van der Waals surface area contributed by atoms with Crippen molar-refractivity contribution in [2.45, 2.75) is 13.3 Å². The SMILES string of the molecule is C=C(C)CC(=O)c1ccc(I)cc1. The standard InChI is InChI=1S/C11H11IO/c1-8(2)7-11(13)9-3-5-10(12)6-4-9/h3-6H,1,7H2,2H3. The van der Waals surface area contributed by atoms with Crippen LogP contribution in [0.1, 0.15) is 23.7 Å². The fourth-order valence-corrected chi connectivity index (χ4v) is 1.37. The number of carbonyl (C=O) groups excluding carboxylic acids is 1. The third-order valence-corrected chi connectivity index (χ3v) is 2.35. The Kier molecular flexibility index (Phi) is 3.66. The minimum absolute atomic E-state index is 0.143. The number of Topliss-reactive ketones (excluding diaryl/α,β-unsaturated/α-hetero) is 1. The number of rotatable bonds is 3. The Morgan fingerprint density at radius 3 is 2.38 bits per heavy atom. The first kappa shape index (κ1) is 10.4. The van der Waals surface area contributed by atoms with Gasteiger partial charge in [-0.3, -0.25) is 4.79 Å². The molecule has 0 aliphatic heterocycles. The molecule has 0 atom stereocenters. The minimum atomic E-state index is 0.143. The van der Waals surface area contributed by atoms with Crippen LogP contribution in [0.3, 0.4) is 0 Å². The zero-order valence-corrected chi connectivity index (χ0v) is 9.67. The van der Waals surface area contributed by atoms with E-state index in [-0.39, 0.29) is 5.78 Å². The highest BCUT2D eigenvalue weighted by Crippen LogP contribution is 2.10. The molecule has 2 heteroatoms. The van der Waals surface area contributed by atoms with E-state index in [4.69, 9.17) is 0 Å². The molecule has 0 fully saturated rings. The number of hydrogen-bond acceptors (Lipinski definition) is 1. The lowest BCUT2D eigenvalue weighted by atomic mass is 10.1. The number of ketones is 1. The van der Waals surface area contributed by atoms with Gasteiger partial charge in [-0.1, -0.05) is 24.3 Å². The molecule has 0 amide bonds. The third kappa shape index (κ3) is 3.30. The largest absolute Gasteiger partial charge is 0.294 e. The van der Waals surface area contributed by atoms with E-state index in [1.54, 1.807) is 0 Å². The monoisotopic (exact) mass is 286 g/mol. The molecular formula is C11H11IO. The van der Waals surface area contributed by atoms with E-state index < -0.39 is 0 Å². The quantitative estimate of drug-likeness (QED) is 0.472. The highest BCUT2D eigenvalue weighted by atomic mass is 127. The summed E-state index contributed by atoms with van der Waals surface area (Å²) in [5, 5.41) is 0. The van der Waals surface area contributed by atoms with Gasteiger partial charge in [0.05, 0.1) is 0 Å². The lowest BCUT2D eigenvalue weighted by molar-refractivity contribution is 0.0993. The van der Waals surface area contributed by atoms with E-state index >= 15 is 0 Å². The topological polar surface area (TPSA) is 17.1 Å². The Morgan fingerprint density at radius 1 is 1.38 bits per heavy atom. The summed E-state index contributed by atoms with van der Waals surface area (Å²) in [7, 11) is 0. The van der Waals surface area contributed by atoms with Crippen molar-refractivity contribution in [3.8, 4) is 0 Å². The van der Waals surface area contributed by atoms with Gasteiger partial charge in [0.1, 0.15) is 0 Å². The van der Waals surface area contributed by atoms with Crippen LogP contribution in [0.2, 0.25) is 0 Å². The Labute approximate surface area is 92.0 Å². The maximum absolute atomic E-state index is 11.5.